The van der Waals surface area contributed by atoms with Crippen molar-refractivity contribution in [2.24, 2.45) is 17.8 Å². The quantitative estimate of drug-likeness (QED) is 0.775. The highest BCUT2D eigenvalue weighted by atomic mass is 16.4. The molecule has 6 heteroatoms. The molecule has 2 aliphatic rings. The van der Waals surface area contributed by atoms with Crippen molar-refractivity contribution in [3.05, 3.63) is 34.9 Å². The zero-order valence-electron chi connectivity index (χ0n) is 16.6. The van der Waals surface area contributed by atoms with Crippen molar-refractivity contribution >= 4 is 17.8 Å². The minimum atomic E-state index is -1.43. The Bertz CT molecular complexity index is 803. The lowest BCUT2D eigenvalue weighted by Gasteiger charge is -2.32. The van der Waals surface area contributed by atoms with Crippen LogP contribution in [-0.2, 0) is 14.4 Å². The van der Waals surface area contributed by atoms with Crippen LogP contribution >= 0.6 is 0 Å². The number of carboxylic acid groups (broad SMARTS) is 1. The highest BCUT2D eigenvalue weighted by Crippen LogP contribution is 2.51. The van der Waals surface area contributed by atoms with Crippen LogP contribution in [0.2, 0.25) is 0 Å². The van der Waals surface area contributed by atoms with E-state index in [9.17, 15) is 19.5 Å². The van der Waals surface area contributed by atoms with Gasteiger partial charge in [-0.2, -0.15) is 0 Å². The number of amides is 2. The molecule has 27 heavy (non-hydrogen) atoms. The number of aliphatic carboxylic acids is 1. The van der Waals surface area contributed by atoms with E-state index >= 15 is 0 Å². The van der Waals surface area contributed by atoms with Gasteiger partial charge in [0.05, 0.1) is 11.8 Å². The highest BCUT2D eigenvalue weighted by molar-refractivity contribution is 6.09. The van der Waals surface area contributed by atoms with Crippen molar-refractivity contribution in [3.8, 4) is 0 Å². The number of carboxylic acids is 1. The molecule has 4 unspecified atom stereocenters. The van der Waals surface area contributed by atoms with E-state index < -0.39 is 29.4 Å². The molecular formula is C21H28N2O4. The van der Waals surface area contributed by atoms with Crippen LogP contribution in [0.1, 0.15) is 49.9 Å². The molecule has 2 amide bonds. The van der Waals surface area contributed by atoms with E-state index in [4.69, 9.17) is 0 Å². The zero-order valence-corrected chi connectivity index (χ0v) is 16.6. The summed E-state index contributed by atoms with van der Waals surface area (Å²) in [4.78, 5) is 39.8. The minimum Gasteiger partial charge on any atom is -0.480 e. The minimum absolute atomic E-state index is 0.0604. The summed E-state index contributed by atoms with van der Waals surface area (Å²) in [6, 6.07) is 5.47. The van der Waals surface area contributed by atoms with Gasteiger partial charge in [0.25, 0.3) is 0 Å². The summed E-state index contributed by atoms with van der Waals surface area (Å²) in [5, 5.41) is 13.4. The van der Waals surface area contributed by atoms with Crippen LogP contribution in [0.4, 0.5) is 0 Å². The Labute approximate surface area is 159 Å². The Balaban J connectivity index is 2.19. The molecule has 2 fully saturated rings. The van der Waals surface area contributed by atoms with Crippen LogP contribution < -0.4 is 5.32 Å². The van der Waals surface area contributed by atoms with Gasteiger partial charge >= 0.3 is 5.97 Å². The molecule has 0 aliphatic carbocycles. The van der Waals surface area contributed by atoms with Crippen molar-refractivity contribution in [1.29, 1.82) is 0 Å². The van der Waals surface area contributed by atoms with Gasteiger partial charge in [0.1, 0.15) is 5.54 Å². The summed E-state index contributed by atoms with van der Waals surface area (Å²) in [6.45, 7) is 9.81. The Hall–Kier alpha value is -2.21. The molecule has 0 radical (unpaired) electrons. The Morgan fingerprint density at radius 2 is 1.93 bits per heavy atom. The monoisotopic (exact) mass is 372 g/mol. The third-order valence-corrected chi connectivity index (χ3v) is 5.94. The number of rotatable bonds is 5. The second-order valence-electron chi connectivity index (χ2n) is 8.28. The molecule has 1 aromatic rings. The van der Waals surface area contributed by atoms with Gasteiger partial charge < -0.3 is 5.11 Å². The number of nitrogens with one attached hydrogen (secondary N) is 1. The lowest BCUT2D eigenvalue weighted by Crippen LogP contribution is -2.56. The molecule has 2 N–H and O–H groups in total. The number of benzene rings is 1. The number of nitrogens with zero attached hydrogens (tertiary/aromatic N) is 1. The van der Waals surface area contributed by atoms with E-state index in [0.717, 1.165) is 16.7 Å². The van der Waals surface area contributed by atoms with E-state index in [-0.39, 0.29) is 24.3 Å². The lowest BCUT2D eigenvalue weighted by atomic mass is 9.75. The van der Waals surface area contributed by atoms with E-state index in [0.29, 0.717) is 6.42 Å². The molecule has 0 aromatic heterocycles. The van der Waals surface area contributed by atoms with Crippen molar-refractivity contribution in [2.45, 2.75) is 52.6 Å². The molecule has 0 saturated carbocycles. The molecule has 146 valence electrons. The third-order valence-electron chi connectivity index (χ3n) is 5.94. The number of carbonyl (C=O) groups is 3. The predicted molar refractivity (Wildman–Crippen MR) is 101 cm³/mol. The number of fused-ring (bicyclic) bond motifs is 1. The van der Waals surface area contributed by atoms with E-state index in [2.05, 4.69) is 5.32 Å². The van der Waals surface area contributed by atoms with Crippen LogP contribution in [0.3, 0.4) is 0 Å². The maximum atomic E-state index is 13.1. The summed E-state index contributed by atoms with van der Waals surface area (Å²) in [7, 11) is 0. The van der Waals surface area contributed by atoms with Gasteiger partial charge in [-0.05, 0) is 44.2 Å². The van der Waals surface area contributed by atoms with Crippen LogP contribution in [0.15, 0.2) is 18.2 Å². The standard InChI is InChI=1S/C21H28N2O4/c1-6-23-18(24)15-16(19(23)25)21(20(26)27,10-11(2)3)22-17(15)14-9-12(4)7-8-13(14)5/h7-9,11,15-17,22H,6,10H2,1-5H3,(H,26,27). The number of likely N-dealkylation sites (tertiary alicyclic amines) is 1. The summed E-state index contributed by atoms with van der Waals surface area (Å²) in [6.07, 6.45) is 0.293. The van der Waals surface area contributed by atoms with Gasteiger partial charge in [0.15, 0.2) is 0 Å². The predicted octanol–water partition coefficient (Wildman–Crippen LogP) is 2.44. The van der Waals surface area contributed by atoms with Crippen LogP contribution in [0, 0.1) is 31.6 Å². The van der Waals surface area contributed by atoms with Crippen molar-refractivity contribution < 1.29 is 19.5 Å². The van der Waals surface area contributed by atoms with Gasteiger partial charge in [-0.25, -0.2) is 0 Å². The summed E-state index contributed by atoms with van der Waals surface area (Å²) < 4.78 is 0. The summed E-state index contributed by atoms with van der Waals surface area (Å²) in [5.74, 6) is -3.19. The first-order valence-electron chi connectivity index (χ1n) is 9.57. The van der Waals surface area contributed by atoms with Crippen LogP contribution in [-0.4, -0.2) is 39.9 Å². The topological polar surface area (TPSA) is 86.7 Å². The molecule has 2 saturated heterocycles. The van der Waals surface area contributed by atoms with E-state index in [1.54, 1.807) is 6.92 Å². The van der Waals surface area contributed by atoms with Crippen LogP contribution in [0.5, 0.6) is 0 Å². The Morgan fingerprint density at radius 1 is 1.26 bits per heavy atom. The molecule has 1 aromatic carbocycles. The van der Waals surface area contributed by atoms with Gasteiger partial charge in [-0.1, -0.05) is 37.6 Å². The number of carbonyl (C=O) groups excluding carboxylic acids is 2. The molecule has 2 aliphatic heterocycles. The van der Waals surface area contributed by atoms with Gasteiger partial charge in [0.2, 0.25) is 11.8 Å². The summed E-state index contributed by atoms with van der Waals surface area (Å²) in [5.41, 5.74) is 1.49. The molecular weight excluding hydrogens is 344 g/mol. The van der Waals surface area contributed by atoms with Crippen molar-refractivity contribution in [3.63, 3.8) is 0 Å². The van der Waals surface area contributed by atoms with Crippen LogP contribution in [0.25, 0.3) is 0 Å². The lowest BCUT2D eigenvalue weighted by molar-refractivity contribution is -0.152. The molecule has 0 spiro atoms. The smallest absolute Gasteiger partial charge is 0.324 e. The van der Waals surface area contributed by atoms with Gasteiger partial charge in [0, 0.05) is 12.6 Å². The second-order valence-corrected chi connectivity index (χ2v) is 8.28. The molecule has 2 heterocycles. The molecule has 6 nitrogen and oxygen atoms in total. The Morgan fingerprint density at radius 3 is 2.48 bits per heavy atom. The average Bonchev–Trinajstić information content (AvgIpc) is 3.04. The largest absolute Gasteiger partial charge is 0.480 e. The zero-order chi connectivity index (χ0) is 20.1. The normalized spacial score (nSPS) is 30.3. The first-order valence-corrected chi connectivity index (χ1v) is 9.57. The Kier molecular flexibility index (Phi) is 4.89. The van der Waals surface area contributed by atoms with Gasteiger partial charge in [-0.3, -0.25) is 24.6 Å². The first kappa shape index (κ1) is 19.5. The number of imide groups is 1. The first-order chi connectivity index (χ1) is 12.6. The summed E-state index contributed by atoms with van der Waals surface area (Å²) >= 11 is 0. The van der Waals surface area contributed by atoms with Crippen molar-refractivity contribution in [1.82, 2.24) is 10.2 Å². The van der Waals surface area contributed by atoms with E-state index in [1.807, 2.05) is 45.9 Å². The van der Waals surface area contributed by atoms with Crippen molar-refractivity contribution in [2.75, 3.05) is 6.54 Å². The molecule has 4 atom stereocenters. The fraction of sp³-hybridized carbons (Fsp3) is 0.571. The maximum absolute atomic E-state index is 13.1. The highest BCUT2D eigenvalue weighted by Gasteiger charge is 2.68. The van der Waals surface area contributed by atoms with E-state index in [1.165, 1.54) is 4.90 Å². The SMILES string of the molecule is CCN1C(=O)C2C(c3cc(C)ccc3C)NC(CC(C)C)(C(=O)O)C2C1=O. The third kappa shape index (κ3) is 2.87. The molecule has 3 rings (SSSR count). The second kappa shape index (κ2) is 6.75. The fourth-order valence-corrected chi connectivity index (χ4v) is 4.85. The average molecular weight is 372 g/mol. The number of hydrogen-bond acceptors (Lipinski definition) is 4. The van der Waals surface area contributed by atoms with Gasteiger partial charge in [-0.15, -0.1) is 0 Å². The molecule has 0 bridgehead atoms. The fourth-order valence-electron chi connectivity index (χ4n) is 4.85. The number of aryl methyl sites for hydroxylation is 2. The maximum Gasteiger partial charge on any atom is 0.324 e. The number of hydrogen-bond donors (Lipinski definition) is 2.